The maximum Gasteiger partial charge on any atom is 0.419 e. The van der Waals surface area contributed by atoms with Gasteiger partial charge in [-0.05, 0) is 47.2 Å². The highest BCUT2D eigenvalue weighted by atomic mass is 32.2. The van der Waals surface area contributed by atoms with Gasteiger partial charge in [-0.3, -0.25) is 14.9 Å². The maximum absolute atomic E-state index is 14.2. The number of hydrogen-bond donors (Lipinski definition) is 3. The van der Waals surface area contributed by atoms with Gasteiger partial charge in [0.15, 0.2) is 0 Å². The molecule has 0 bridgehead atoms. The minimum absolute atomic E-state index is 0.0134. The molecule has 1 fully saturated rings. The van der Waals surface area contributed by atoms with Crippen LogP contribution in [0.15, 0.2) is 42.5 Å². The quantitative estimate of drug-likeness (QED) is 0.295. The molecule has 41 heavy (non-hydrogen) atoms. The number of thiol groups is 1. The summed E-state index contributed by atoms with van der Waals surface area (Å²) in [5.74, 6) is -1.45. The lowest BCUT2D eigenvalue weighted by molar-refractivity contribution is -0.315. The second-order valence-corrected chi connectivity index (χ2v) is 11.1. The van der Waals surface area contributed by atoms with Gasteiger partial charge < -0.3 is 15.0 Å². The summed E-state index contributed by atoms with van der Waals surface area (Å²) < 4.78 is 112. The molecule has 224 valence electrons. The topological polar surface area (TPSA) is 105 Å². The number of nitrogens with zero attached hydrogens (tertiary/aromatic N) is 1. The number of benzene rings is 2. The molecule has 0 saturated heterocycles. The van der Waals surface area contributed by atoms with Crippen molar-refractivity contribution in [2.45, 2.75) is 61.6 Å². The van der Waals surface area contributed by atoms with Crippen LogP contribution in [0.4, 0.5) is 32.0 Å². The summed E-state index contributed by atoms with van der Waals surface area (Å²) in [6.07, 6.45) is -10.9. The number of hydrogen-bond acceptors (Lipinski definition) is 6. The van der Waals surface area contributed by atoms with E-state index in [1.165, 1.54) is 31.1 Å². The van der Waals surface area contributed by atoms with E-state index in [0.717, 1.165) is 12.1 Å². The Labute approximate surface area is 233 Å². The summed E-state index contributed by atoms with van der Waals surface area (Å²) >= 11 is 0. The summed E-state index contributed by atoms with van der Waals surface area (Å²) in [6.45, 7) is 0.558. The number of nitrogens with one attached hydrogen (secondary N) is 2. The molecule has 1 atom stereocenters. The van der Waals surface area contributed by atoms with Crippen molar-refractivity contribution in [2.75, 3.05) is 19.0 Å². The molecule has 2 amide bonds. The van der Waals surface area contributed by atoms with Gasteiger partial charge >= 0.3 is 12.4 Å². The summed E-state index contributed by atoms with van der Waals surface area (Å²) in [7, 11) is -1.49. The smallest absolute Gasteiger partial charge is 0.377 e. The number of methoxy groups -OCH3 is 1. The third-order valence-corrected chi connectivity index (χ3v) is 8.09. The zero-order chi connectivity index (χ0) is 30.4. The van der Waals surface area contributed by atoms with Gasteiger partial charge in [0.1, 0.15) is 16.7 Å². The fourth-order valence-corrected chi connectivity index (χ4v) is 5.51. The molecule has 0 spiro atoms. The van der Waals surface area contributed by atoms with Crippen LogP contribution in [0.25, 0.3) is 0 Å². The summed E-state index contributed by atoms with van der Waals surface area (Å²) in [4.78, 5) is 26.7. The Morgan fingerprint density at radius 2 is 1.63 bits per heavy atom. The van der Waals surface area contributed by atoms with E-state index in [1.54, 1.807) is 11.4 Å². The van der Waals surface area contributed by atoms with Crippen LogP contribution in [0, 0.1) is 0 Å². The van der Waals surface area contributed by atoms with Crippen LogP contribution in [0.5, 0.6) is 0 Å². The second kappa shape index (κ2) is 10.9. The molecular formula is C26H27F6N3O5S. The van der Waals surface area contributed by atoms with Crippen molar-refractivity contribution in [3.63, 3.8) is 0 Å². The first-order chi connectivity index (χ1) is 19.0. The number of ether oxygens (including phenoxy) is 1. The Kier molecular flexibility index (Phi) is 8.19. The number of anilines is 1. The molecule has 2 N–H and O–H groups in total. The first-order valence-corrected chi connectivity index (χ1v) is 13.8. The third-order valence-electron chi connectivity index (χ3n) is 7.47. The molecule has 1 aliphatic carbocycles. The molecule has 2 aromatic rings. The van der Waals surface area contributed by atoms with Crippen LogP contribution >= 0.6 is 0 Å². The first-order valence-electron chi connectivity index (χ1n) is 12.4. The highest BCUT2D eigenvalue weighted by molar-refractivity contribution is 7.71. The van der Waals surface area contributed by atoms with Gasteiger partial charge in [0, 0.05) is 32.8 Å². The van der Waals surface area contributed by atoms with Gasteiger partial charge in [0.05, 0.1) is 11.4 Å². The Morgan fingerprint density at radius 3 is 2.12 bits per heavy atom. The van der Waals surface area contributed by atoms with Gasteiger partial charge in [-0.1, -0.05) is 30.3 Å². The van der Waals surface area contributed by atoms with Crippen molar-refractivity contribution < 1.29 is 49.1 Å². The van der Waals surface area contributed by atoms with Crippen molar-refractivity contribution in [3.8, 4) is 0 Å². The van der Waals surface area contributed by atoms with E-state index in [1.807, 2.05) is 0 Å². The summed E-state index contributed by atoms with van der Waals surface area (Å²) in [6, 6.07) is 6.55. The highest BCUT2D eigenvalue weighted by Crippen LogP contribution is 2.51. The molecular weight excluding hydrogens is 580 g/mol. The molecule has 1 aliphatic heterocycles. The van der Waals surface area contributed by atoms with Crippen molar-refractivity contribution in [3.05, 3.63) is 64.7 Å². The Bertz CT molecular complexity index is 1380. The van der Waals surface area contributed by atoms with Crippen molar-refractivity contribution in [2.24, 2.45) is 0 Å². The SMILES string of the molecule is COC1(CNC(c2ccc(NC(=O)C3c4ccc(C[SH](=O)=O)cc4CN3C(C)=O)cc2)(C(F)(F)F)C(F)(F)F)CC1. The van der Waals surface area contributed by atoms with E-state index in [-0.39, 0.29) is 18.0 Å². The average molecular weight is 608 g/mol. The molecule has 15 heteroatoms. The lowest BCUT2D eigenvalue weighted by atomic mass is 9.87. The second-order valence-electron chi connectivity index (χ2n) is 10.1. The molecule has 8 nitrogen and oxygen atoms in total. The van der Waals surface area contributed by atoms with Gasteiger partial charge in [-0.25, -0.2) is 8.42 Å². The summed E-state index contributed by atoms with van der Waals surface area (Å²) in [5, 5.41) is 4.14. The van der Waals surface area contributed by atoms with Crippen LogP contribution in [0.2, 0.25) is 0 Å². The van der Waals surface area contributed by atoms with Gasteiger partial charge in [-0.2, -0.15) is 26.3 Å². The molecule has 4 rings (SSSR count). The van der Waals surface area contributed by atoms with E-state index in [9.17, 15) is 44.3 Å². The molecule has 1 heterocycles. The van der Waals surface area contributed by atoms with E-state index in [0.29, 0.717) is 41.7 Å². The van der Waals surface area contributed by atoms with E-state index in [4.69, 9.17) is 4.74 Å². The van der Waals surface area contributed by atoms with Crippen molar-refractivity contribution in [1.82, 2.24) is 10.2 Å². The Morgan fingerprint density at radius 1 is 1.02 bits per heavy atom. The zero-order valence-corrected chi connectivity index (χ0v) is 22.8. The molecule has 1 unspecified atom stereocenters. The minimum Gasteiger partial charge on any atom is -0.377 e. The molecule has 0 aromatic heterocycles. The van der Waals surface area contributed by atoms with Crippen molar-refractivity contribution >= 4 is 28.2 Å². The lowest BCUT2D eigenvalue weighted by Crippen LogP contribution is -2.64. The summed E-state index contributed by atoms with van der Waals surface area (Å²) in [5.41, 5.74) is -5.29. The number of alkyl halides is 6. The van der Waals surface area contributed by atoms with E-state index in [2.05, 4.69) is 5.32 Å². The molecule has 2 aromatic carbocycles. The molecule has 1 saturated carbocycles. The number of amides is 2. The van der Waals surface area contributed by atoms with Crippen LogP contribution < -0.4 is 10.6 Å². The van der Waals surface area contributed by atoms with Crippen molar-refractivity contribution in [1.29, 1.82) is 0 Å². The number of halogens is 6. The minimum atomic E-state index is -5.77. The average Bonchev–Trinajstić information content (AvgIpc) is 3.54. The van der Waals surface area contributed by atoms with Crippen LogP contribution in [-0.4, -0.2) is 56.7 Å². The first kappa shape index (κ1) is 30.8. The highest BCUT2D eigenvalue weighted by Gasteiger charge is 2.72. The third kappa shape index (κ3) is 5.93. The largest absolute Gasteiger partial charge is 0.419 e. The van der Waals surface area contributed by atoms with Gasteiger partial charge in [-0.15, -0.1) is 0 Å². The van der Waals surface area contributed by atoms with E-state index >= 15 is 0 Å². The molecule has 2 aliphatic rings. The Balaban J connectivity index is 1.61. The van der Waals surface area contributed by atoms with Crippen LogP contribution in [0.3, 0.4) is 0 Å². The van der Waals surface area contributed by atoms with Gasteiger partial charge in [0.25, 0.3) is 5.91 Å². The number of carbonyl (C=O) groups excluding carboxylic acids is 2. The van der Waals surface area contributed by atoms with E-state index < -0.39 is 64.2 Å². The van der Waals surface area contributed by atoms with Gasteiger partial charge in [0.2, 0.25) is 11.4 Å². The van der Waals surface area contributed by atoms with Crippen LogP contribution in [0.1, 0.15) is 48.1 Å². The standard InChI is InChI=1S/C26H27F6N3O5S/c1-15(36)35-12-17-11-16(13-41(38)39)3-8-20(17)21(35)22(37)34-19-6-4-18(5-7-19)24(25(27,28)29,26(30,31)32)33-14-23(40-2)9-10-23/h3-8,11,21,33,41H,9-10,12-14H2,1-2H3,(H,34,37). The number of rotatable bonds is 9. The zero-order valence-electron chi connectivity index (χ0n) is 21.9. The normalized spacial score (nSPS) is 18.4. The van der Waals surface area contributed by atoms with Crippen LogP contribution in [-0.2, 0) is 42.9 Å². The predicted molar refractivity (Wildman–Crippen MR) is 135 cm³/mol. The maximum atomic E-state index is 14.2. The molecule has 0 radical (unpaired) electrons. The fourth-order valence-electron chi connectivity index (χ4n) is 5.02. The fraction of sp³-hybridized carbons (Fsp3) is 0.462. The number of fused-ring (bicyclic) bond motifs is 1. The number of carbonyl (C=O) groups is 2. The monoisotopic (exact) mass is 607 g/mol. The predicted octanol–water partition coefficient (Wildman–Crippen LogP) is 3.93. The lowest BCUT2D eigenvalue weighted by Gasteiger charge is -2.39. The Hall–Kier alpha value is -3.17.